The minimum Gasteiger partial charge on any atom is -0.456 e. The van der Waals surface area contributed by atoms with E-state index in [2.05, 4.69) is 27.2 Å². The Labute approximate surface area is 194 Å². The van der Waals surface area contributed by atoms with Crippen LogP contribution in [0.5, 0.6) is 11.5 Å². The molecule has 9 heteroatoms. The van der Waals surface area contributed by atoms with E-state index in [1.165, 1.54) is 13.3 Å². The Morgan fingerprint density at radius 2 is 2.06 bits per heavy atom. The van der Waals surface area contributed by atoms with Crippen LogP contribution in [0, 0.1) is 0 Å². The number of nitrogens with one attached hydrogen (secondary N) is 2. The van der Waals surface area contributed by atoms with Crippen molar-refractivity contribution in [1.82, 2.24) is 19.9 Å². The highest BCUT2D eigenvalue weighted by atomic mass is 35.5. The van der Waals surface area contributed by atoms with Gasteiger partial charge in [-0.1, -0.05) is 30.3 Å². The molecule has 2 N–H and O–H groups in total. The number of anilines is 2. The monoisotopic (exact) mass is 465 g/mol. The normalized spacial score (nSPS) is 10.8. The number of ether oxygens (including phenoxy) is 1. The summed E-state index contributed by atoms with van der Waals surface area (Å²) < 4.78 is 21.2. The molecule has 0 saturated heterocycles. The molecule has 0 fully saturated rings. The molecule has 7 nitrogen and oxygen atoms in total. The zero-order valence-corrected chi connectivity index (χ0v) is 18.6. The van der Waals surface area contributed by atoms with Crippen LogP contribution in [0.4, 0.5) is 15.9 Å². The Morgan fingerprint density at radius 1 is 1.21 bits per heavy atom. The Kier molecular flexibility index (Phi) is 6.55. The predicted molar refractivity (Wildman–Crippen MR) is 128 cm³/mol. The maximum Gasteiger partial charge on any atom is 0.216 e. The highest BCUT2D eigenvalue weighted by Gasteiger charge is 2.12. The summed E-state index contributed by atoms with van der Waals surface area (Å²) in [6, 6.07) is 13.7. The third-order valence-electron chi connectivity index (χ3n) is 4.85. The molecule has 4 aromatic rings. The molecule has 0 aliphatic rings. The SMILES string of the molecule is C=C(F)c1cccc(Oc2ccc(Nc3ncnc4ccn(CCNC(C)=O)c34)cc2Cl)c1. The molecule has 2 aromatic carbocycles. The molecule has 0 saturated carbocycles. The second kappa shape index (κ2) is 9.70. The van der Waals surface area contributed by atoms with Crippen molar-refractivity contribution in [1.29, 1.82) is 0 Å². The number of hydrogen-bond acceptors (Lipinski definition) is 5. The van der Waals surface area contributed by atoms with Crippen LogP contribution in [0.3, 0.4) is 0 Å². The molecule has 0 bridgehead atoms. The van der Waals surface area contributed by atoms with E-state index < -0.39 is 5.83 Å². The first-order chi connectivity index (χ1) is 15.9. The molecular formula is C24H21ClFN5O2. The Hall–Kier alpha value is -3.91. The van der Waals surface area contributed by atoms with Crippen LogP contribution in [0.1, 0.15) is 12.5 Å². The number of hydrogen-bond donors (Lipinski definition) is 2. The molecule has 33 heavy (non-hydrogen) atoms. The standard InChI is InChI=1S/C24H21ClFN5O2/c1-15(26)17-4-3-5-19(12-17)33-22-7-6-18(13-20(22)25)30-24-23-21(28-14-29-24)8-10-31(23)11-9-27-16(2)32/h3-8,10,12-14H,1,9,11H2,2H3,(H,27,32)(H,28,29,30). The molecule has 0 unspecified atom stereocenters. The minimum absolute atomic E-state index is 0.0839. The summed E-state index contributed by atoms with van der Waals surface area (Å²) in [6.07, 6.45) is 3.38. The third-order valence-corrected chi connectivity index (χ3v) is 5.14. The first-order valence-corrected chi connectivity index (χ1v) is 10.5. The van der Waals surface area contributed by atoms with Gasteiger partial charge in [-0.25, -0.2) is 14.4 Å². The Bertz CT molecular complexity index is 1340. The average Bonchev–Trinajstić information content (AvgIpc) is 3.20. The number of aromatic nitrogens is 3. The van der Waals surface area contributed by atoms with E-state index in [4.69, 9.17) is 16.3 Å². The van der Waals surface area contributed by atoms with Crippen LogP contribution >= 0.6 is 11.6 Å². The zero-order valence-electron chi connectivity index (χ0n) is 17.8. The first-order valence-electron chi connectivity index (χ1n) is 10.1. The molecule has 0 atom stereocenters. The fourth-order valence-electron chi connectivity index (χ4n) is 3.32. The number of rotatable bonds is 8. The highest BCUT2D eigenvalue weighted by Crippen LogP contribution is 2.34. The quantitative estimate of drug-likeness (QED) is 0.349. The van der Waals surface area contributed by atoms with Gasteiger partial charge in [-0.3, -0.25) is 4.79 Å². The summed E-state index contributed by atoms with van der Waals surface area (Å²) >= 11 is 6.44. The van der Waals surface area contributed by atoms with E-state index in [9.17, 15) is 9.18 Å². The van der Waals surface area contributed by atoms with Crippen molar-refractivity contribution in [3.05, 3.63) is 78.2 Å². The van der Waals surface area contributed by atoms with Crippen LogP contribution in [0.2, 0.25) is 5.02 Å². The number of fused-ring (bicyclic) bond motifs is 1. The van der Waals surface area contributed by atoms with Crippen molar-refractivity contribution in [3.63, 3.8) is 0 Å². The van der Waals surface area contributed by atoms with Gasteiger partial charge in [-0.2, -0.15) is 0 Å². The van der Waals surface area contributed by atoms with Gasteiger partial charge in [0.1, 0.15) is 29.2 Å². The summed E-state index contributed by atoms with van der Waals surface area (Å²) in [5.74, 6) is 0.855. The fraction of sp³-hybridized carbons (Fsp3) is 0.125. The van der Waals surface area contributed by atoms with Crippen molar-refractivity contribution >= 4 is 45.9 Å². The predicted octanol–water partition coefficient (Wildman–Crippen LogP) is 5.70. The van der Waals surface area contributed by atoms with Gasteiger partial charge in [-0.05, 0) is 36.4 Å². The van der Waals surface area contributed by atoms with Gasteiger partial charge in [0.2, 0.25) is 5.91 Å². The largest absolute Gasteiger partial charge is 0.456 e. The Balaban J connectivity index is 1.54. The van der Waals surface area contributed by atoms with Crippen molar-refractivity contribution in [3.8, 4) is 11.5 Å². The molecule has 2 aromatic heterocycles. The number of benzene rings is 2. The molecule has 0 aliphatic heterocycles. The summed E-state index contributed by atoms with van der Waals surface area (Å²) in [4.78, 5) is 19.8. The molecule has 4 rings (SSSR count). The molecular weight excluding hydrogens is 445 g/mol. The van der Waals surface area contributed by atoms with E-state index in [-0.39, 0.29) is 5.91 Å². The second-order valence-corrected chi connectivity index (χ2v) is 7.66. The van der Waals surface area contributed by atoms with E-state index >= 15 is 0 Å². The van der Waals surface area contributed by atoms with Gasteiger partial charge in [0, 0.05) is 37.5 Å². The molecule has 168 valence electrons. The van der Waals surface area contributed by atoms with E-state index in [0.29, 0.717) is 46.7 Å². The zero-order chi connectivity index (χ0) is 23.4. The van der Waals surface area contributed by atoms with E-state index in [1.807, 2.05) is 16.8 Å². The minimum atomic E-state index is -0.538. The fourth-order valence-corrected chi connectivity index (χ4v) is 3.54. The molecule has 2 heterocycles. The van der Waals surface area contributed by atoms with Gasteiger partial charge >= 0.3 is 0 Å². The number of carbonyl (C=O) groups excluding carboxylic acids is 1. The van der Waals surface area contributed by atoms with Crippen LogP contribution in [0.15, 0.2) is 67.6 Å². The first kappa shape index (κ1) is 22.3. The lowest BCUT2D eigenvalue weighted by Gasteiger charge is -2.13. The smallest absolute Gasteiger partial charge is 0.216 e. The van der Waals surface area contributed by atoms with Gasteiger partial charge in [0.15, 0.2) is 5.82 Å². The highest BCUT2D eigenvalue weighted by molar-refractivity contribution is 6.32. The molecule has 1 amide bonds. The van der Waals surface area contributed by atoms with E-state index in [0.717, 1.165) is 11.0 Å². The van der Waals surface area contributed by atoms with Gasteiger partial charge < -0.3 is 19.9 Å². The lowest BCUT2D eigenvalue weighted by atomic mass is 10.2. The number of nitrogens with zero attached hydrogens (tertiary/aromatic N) is 3. The van der Waals surface area contributed by atoms with Gasteiger partial charge in [-0.15, -0.1) is 0 Å². The number of carbonyl (C=O) groups is 1. The summed E-state index contributed by atoms with van der Waals surface area (Å²) in [7, 11) is 0. The summed E-state index contributed by atoms with van der Waals surface area (Å²) in [6.45, 7) is 5.85. The molecule has 0 aliphatic carbocycles. The number of amides is 1. The summed E-state index contributed by atoms with van der Waals surface area (Å²) in [5.41, 5.74) is 2.63. The van der Waals surface area contributed by atoms with Crippen LogP contribution in [-0.2, 0) is 11.3 Å². The van der Waals surface area contributed by atoms with Gasteiger partial charge in [0.25, 0.3) is 0 Å². The average molecular weight is 466 g/mol. The Morgan fingerprint density at radius 3 is 2.82 bits per heavy atom. The van der Waals surface area contributed by atoms with E-state index in [1.54, 1.807) is 42.5 Å². The topological polar surface area (TPSA) is 81.1 Å². The summed E-state index contributed by atoms with van der Waals surface area (Å²) in [5, 5.41) is 6.42. The number of halogens is 2. The lowest BCUT2D eigenvalue weighted by molar-refractivity contribution is -0.118. The molecule has 0 radical (unpaired) electrons. The van der Waals surface area contributed by atoms with Crippen LogP contribution in [-0.4, -0.2) is 27.0 Å². The van der Waals surface area contributed by atoms with Crippen LogP contribution in [0.25, 0.3) is 16.9 Å². The second-order valence-electron chi connectivity index (χ2n) is 7.25. The third kappa shape index (κ3) is 5.30. The maximum absolute atomic E-state index is 13.4. The molecule has 0 spiro atoms. The van der Waals surface area contributed by atoms with Crippen molar-refractivity contribution in [2.45, 2.75) is 13.5 Å². The van der Waals surface area contributed by atoms with Crippen molar-refractivity contribution in [2.75, 3.05) is 11.9 Å². The lowest BCUT2D eigenvalue weighted by Crippen LogP contribution is -2.24. The van der Waals surface area contributed by atoms with Gasteiger partial charge in [0.05, 0.1) is 10.5 Å². The maximum atomic E-state index is 13.4. The van der Waals surface area contributed by atoms with Crippen LogP contribution < -0.4 is 15.4 Å². The van der Waals surface area contributed by atoms with Crippen molar-refractivity contribution in [2.24, 2.45) is 0 Å². The van der Waals surface area contributed by atoms with Crippen molar-refractivity contribution < 1.29 is 13.9 Å².